The fraction of sp³-hybridized carbons (Fsp3) is 0.308. The van der Waals surface area contributed by atoms with Crippen LogP contribution in [0, 0.1) is 0 Å². The minimum Gasteiger partial charge on any atom is -0.334 e. The maximum atomic E-state index is 6.21. The van der Waals surface area contributed by atoms with Crippen LogP contribution in [0.25, 0.3) is 17.1 Å². The van der Waals surface area contributed by atoms with Crippen molar-refractivity contribution in [2.24, 2.45) is 5.73 Å². The average Bonchev–Trinajstić information content (AvgIpc) is 3.16. The Hall–Kier alpha value is -2.61. The van der Waals surface area contributed by atoms with Gasteiger partial charge in [0.25, 0.3) is 5.89 Å². The van der Waals surface area contributed by atoms with Crippen molar-refractivity contribution in [1.29, 1.82) is 0 Å². The van der Waals surface area contributed by atoms with E-state index in [1.54, 1.807) is 4.68 Å². The first kappa shape index (κ1) is 12.2. The lowest BCUT2D eigenvalue weighted by molar-refractivity contribution is 0.229. The Labute approximate surface area is 120 Å². The molecule has 2 N–H and O–H groups in total. The van der Waals surface area contributed by atoms with Crippen LogP contribution in [-0.4, -0.2) is 30.3 Å². The lowest BCUT2D eigenvalue weighted by atomic mass is 9.77. The first-order valence-electron chi connectivity index (χ1n) is 6.71. The lowest BCUT2D eigenvalue weighted by Gasteiger charge is -2.34. The fourth-order valence-corrected chi connectivity index (χ4v) is 2.39. The molecule has 106 valence electrons. The highest BCUT2D eigenvalue weighted by Gasteiger charge is 2.39. The first-order chi connectivity index (χ1) is 10.2. The predicted octanol–water partition coefficient (Wildman–Crippen LogP) is 1.05. The molecule has 0 atom stereocenters. The molecule has 1 aliphatic carbocycles. The van der Waals surface area contributed by atoms with Gasteiger partial charge in [-0.3, -0.25) is 0 Å². The highest BCUT2D eigenvalue weighted by atomic mass is 16.5. The summed E-state index contributed by atoms with van der Waals surface area (Å²) in [5, 5.41) is 15.1. The summed E-state index contributed by atoms with van der Waals surface area (Å²) in [6.45, 7) is 0. The third-order valence-electron chi connectivity index (χ3n) is 3.82. The quantitative estimate of drug-likeness (QED) is 0.765. The highest BCUT2D eigenvalue weighted by molar-refractivity contribution is 5.57. The maximum absolute atomic E-state index is 6.21. The molecule has 8 heteroatoms. The van der Waals surface area contributed by atoms with Crippen LogP contribution in [0.4, 0.5) is 0 Å². The molecule has 0 saturated heterocycles. The van der Waals surface area contributed by atoms with Gasteiger partial charge in [-0.2, -0.15) is 4.98 Å². The van der Waals surface area contributed by atoms with Crippen molar-refractivity contribution in [1.82, 2.24) is 30.3 Å². The summed E-state index contributed by atoms with van der Waals surface area (Å²) in [6.07, 6.45) is 4.43. The van der Waals surface area contributed by atoms with E-state index in [9.17, 15) is 0 Å². The number of nitrogens with zero attached hydrogens (tertiary/aromatic N) is 6. The fourth-order valence-electron chi connectivity index (χ4n) is 2.39. The number of hydrogen-bond acceptors (Lipinski definition) is 7. The second kappa shape index (κ2) is 4.45. The van der Waals surface area contributed by atoms with Crippen molar-refractivity contribution in [3.05, 3.63) is 36.4 Å². The van der Waals surface area contributed by atoms with Crippen molar-refractivity contribution in [3.63, 3.8) is 0 Å². The number of hydrogen-bond donors (Lipinski definition) is 1. The Morgan fingerprint density at radius 2 is 2.19 bits per heavy atom. The SMILES string of the molecule is NC1(c2noc(-c3cccc(-n4cnnn4)c3)n2)CCC1. The number of benzene rings is 1. The van der Waals surface area contributed by atoms with Gasteiger partial charge in [0.15, 0.2) is 5.82 Å². The molecular formula is C13H13N7O. The van der Waals surface area contributed by atoms with Gasteiger partial charge in [-0.05, 0) is 47.9 Å². The minimum atomic E-state index is -0.421. The van der Waals surface area contributed by atoms with Crippen LogP contribution < -0.4 is 5.73 Å². The van der Waals surface area contributed by atoms with E-state index in [0.29, 0.717) is 11.7 Å². The zero-order chi connectivity index (χ0) is 14.3. The van der Waals surface area contributed by atoms with Crippen LogP contribution in [0.2, 0.25) is 0 Å². The van der Waals surface area contributed by atoms with Gasteiger partial charge in [0.05, 0.1) is 11.2 Å². The summed E-state index contributed by atoms with van der Waals surface area (Å²) in [4.78, 5) is 4.43. The third kappa shape index (κ3) is 2.00. The zero-order valence-electron chi connectivity index (χ0n) is 11.2. The standard InChI is InChI=1S/C13H13N7O/c14-13(5-2-6-13)12-16-11(21-17-12)9-3-1-4-10(7-9)20-8-15-18-19-20/h1,3-4,7-8H,2,5-6,14H2. The van der Waals surface area contributed by atoms with Gasteiger partial charge in [-0.25, -0.2) is 4.68 Å². The van der Waals surface area contributed by atoms with Gasteiger partial charge in [-0.15, -0.1) is 5.10 Å². The van der Waals surface area contributed by atoms with Crippen LogP contribution in [0.5, 0.6) is 0 Å². The van der Waals surface area contributed by atoms with Crippen molar-refractivity contribution >= 4 is 0 Å². The first-order valence-corrected chi connectivity index (χ1v) is 6.71. The van der Waals surface area contributed by atoms with E-state index in [2.05, 4.69) is 25.7 Å². The molecule has 0 bridgehead atoms. The summed E-state index contributed by atoms with van der Waals surface area (Å²) >= 11 is 0. The molecule has 0 aliphatic heterocycles. The molecule has 1 saturated carbocycles. The lowest BCUT2D eigenvalue weighted by Crippen LogP contribution is -2.44. The van der Waals surface area contributed by atoms with Gasteiger partial charge in [0.1, 0.15) is 6.33 Å². The molecule has 0 amide bonds. The Bertz CT molecular complexity index is 760. The summed E-state index contributed by atoms with van der Waals surface area (Å²) in [7, 11) is 0. The molecule has 21 heavy (non-hydrogen) atoms. The highest BCUT2D eigenvalue weighted by Crippen LogP contribution is 2.37. The monoisotopic (exact) mass is 283 g/mol. The summed E-state index contributed by atoms with van der Waals surface area (Å²) < 4.78 is 6.91. The van der Waals surface area contributed by atoms with Crippen LogP contribution in [-0.2, 0) is 5.54 Å². The smallest absolute Gasteiger partial charge is 0.258 e. The number of tetrazole rings is 1. The van der Waals surface area contributed by atoms with Crippen molar-refractivity contribution in [3.8, 4) is 17.1 Å². The minimum absolute atomic E-state index is 0.421. The summed E-state index contributed by atoms with van der Waals surface area (Å²) in [5.41, 5.74) is 7.42. The van der Waals surface area contributed by atoms with Crippen molar-refractivity contribution < 1.29 is 4.52 Å². The van der Waals surface area contributed by atoms with Gasteiger partial charge in [-0.1, -0.05) is 11.2 Å². The zero-order valence-corrected chi connectivity index (χ0v) is 11.2. The molecule has 0 spiro atoms. The van der Waals surface area contributed by atoms with Crippen molar-refractivity contribution in [2.45, 2.75) is 24.8 Å². The maximum Gasteiger partial charge on any atom is 0.258 e. The Morgan fingerprint density at radius 3 is 2.90 bits per heavy atom. The van der Waals surface area contributed by atoms with Gasteiger partial charge in [0, 0.05) is 5.56 Å². The molecule has 2 heterocycles. The van der Waals surface area contributed by atoms with E-state index >= 15 is 0 Å². The molecule has 1 fully saturated rings. The molecule has 2 aromatic heterocycles. The second-order valence-electron chi connectivity index (χ2n) is 5.24. The third-order valence-corrected chi connectivity index (χ3v) is 3.82. The second-order valence-corrected chi connectivity index (χ2v) is 5.24. The number of rotatable bonds is 3. The molecule has 1 aliphatic rings. The van der Waals surface area contributed by atoms with Gasteiger partial charge >= 0.3 is 0 Å². The van der Waals surface area contributed by atoms with E-state index in [4.69, 9.17) is 10.3 Å². The van der Waals surface area contributed by atoms with Crippen LogP contribution in [0.15, 0.2) is 35.1 Å². The topological polar surface area (TPSA) is 109 Å². The van der Waals surface area contributed by atoms with Gasteiger partial charge < -0.3 is 10.3 Å². The molecule has 1 aromatic carbocycles. The Kier molecular flexibility index (Phi) is 2.58. The summed E-state index contributed by atoms with van der Waals surface area (Å²) in [5.74, 6) is 1.04. The molecule has 3 aromatic rings. The molecular weight excluding hydrogens is 270 g/mol. The predicted molar refractivity (Wildman–Crippen MR) is 72.2 cm³/mol. The number of nitrogens with two attached hydrogens (primary N) is 1. The van der Waals surface area contributed by atoms with Crippen LogP contribution in [0.3, 0.4) is 0 Å². The molecule has 4 rings (SSSR count). The van der Waals surface area contributed by atoms with E-state index in [1.165, 1.54) is 6.33 Å². The van der Waals surface area contributed by atoms with Gasteiger partial charge in [0.2, 0.25) is 0 Å². The Balaban J connectivity index is 1.69. The number of aromatic nitrogens is 6. The van der Waals surface area contributed by atoms with E-state index in [0.717, 1.165) is 30.5 Å². The van der Waals surface area contributed by atoms with E-state index in [1.807, 2.05) is 24.3 Å². The molecule has 8 nitrogen and oxygen atoms in total. The normalized spacial score (nSPS) is 16.6. The van der Waals surface area contributed by atoms with Crippen LogP contribution >= 0.6 is 0 Å². The molecule has 0 radical (unpaired) electrons. The Morgan fingerprint density at radius 1 is 1.29 bits per heavy atom. The molecule has 0 unspecified atom stereocenters. The average molecular weight is 283 g/mol. The van der Waals surface area contributed by atoms with Crippen molar-refractivity contribution in [2.75, 3.05) is 0 Å². The largest absolute Gasteiger partial charge is 0.334 e. The van der Waals surface area contributed by atoms with E-state index in [-0.39, 0.29) is 0 Å². The summed E-state index contributed by atoms with van der Waals surface area (Å²) in [6, 6.07) is 7.57. The van der Waals surface area contributed by atoms with E-state index < -0.39 is 5.54 Å². The van der Waals surface area contributed by atoms with Crippen LogP contribution in [0.1, 0.15) is 25.1 Å².